The van der Waals surface area contributed by atoms with Gasteiger partial charge in [0.05, 0.1) is 35.2 Å². The van der Waals surface area contributed by atoms with Gasteiger partial charge in [0.15, 0.2) is 0 Å². The number of thioether (sulfide) groups is 1. The molecule has 1 heterocycles. The molecule has 1 aromatic heterocycles. The summed E-state index contributed by atoms with van der Waals surface area (Å²) in [5.74, 6) is -1.71. The summed E-state index contributed by atoms with van der Waals surface area (Å²) >= 11 is 4.42. The number of benzene rings is 2. The third-order valence-corrected chi connectivity index (χ3v) is 5.41. The van der Waals surface area contributed by atoms with Gasteiger partial charge in [0.25, 0.3) is 5.56 Å². The number of fused-ring (bicyclic) bond motifs is 1. The Kier molecular flexibility index (Phi) is 6.23. The van der Waals surface area contributed by atoms with Gasteiger partial charge in [-0.2, -0.15) is 0 Å². The highest BCUT2D eigenvalue weighted by molar-refractivity contribution is 9.10. The molecule has 10 heteroatoms. The average molecular weight is 479 g/mol. The molecule has 0 radical (unpaired) electrons. The van der Waals surface area contributed by atoms with Crippen LogP contribution in [0.3, 0.4) is 0 Å². The molecule has 29 heavy (non-hydrogen) atoms. The second kappa shape index (κ2) is 8.66. The van der Waals surface area contributed by atoms with E-state index in [2.05, 4.69) is 25.7 Å². The number of carbonyl (C=O) groups is 2. The third-order valence-electron chi connectivity index (χ3n) is 4.00. The van der Waals surface area contributed by atoms with Crippen LogP contribution in [0.5, 0.6) is 5.75 Å². The van der Waals surface area contributed by atoms with Crippen LogP contribution in [0.1, 0.15) is 16.2 Å². The zero-order valence-corrected chi connectivity index (χ0v) is 17.5. The molecule has 0 amide bonds. The topological polar surface area (TPSA) is 119 Å². The Balaban J connectivity index is 2.19. The van der Waals surface area contributed by atoms with E-state index in [1.54, 1.807) is 18.2 Å². The van der Waals surface area contributed by atoms with Gasteiger partial charge >= 0.3 is 11.9 Å². The maximum absolute atomic E-state index is 13.2. The van der Waals surface area contributed by atoms with E-state index in [9.17, 15) is 19.5 Å². The number of aromatic hydroxyl groups is 1. The highest BCUT2D eigenvalue weighted by Gasteiger charge is 2.17. The van der Waals surface area contributed by atoms with E-state index in [0.717, 1.165) is 11.8 Å². The van der Waals surface area contributed by atoms with Crippen molar-refractivity contribution in [3.8, 4) is 11.4 Å². The molecular formula is C19H15BrN2O6S. The molecule has 150 valence electrons. The maximum Gasteiger partial charge on any atom is 0.341 e. The van der Waals surface area contributed by atoms with Gasteiger partial charge in [-0.1, -0.05) is 15.9 Å². The molecule has 0 fully saturated rings. The zero-order valence-electron chi connectivity index (χ0n) is 15.1. The Hall–Kier alpha value is -2.85. The second-order valence-corrected chi connectivity index (χ2v) is 7.81. The molecule has 2 N–H and O–H groups in total. The van der Waals surface area contributed by atoms with Crippen molar-refractivity contribution in [3.63, 3.8) is 0 Å². The number of aliphatic carboxylic acids is 1. The van der Waals surface area contributed by atoms with Gasteiger partial charge in [0.1, 0.15) is 17.1 Å². The molecule has 0 aliphatic heterocycles. The molecule has 0 saturated heterocycles. The summed E-state index contributed by atoms with van der Waals surface area (Å²) in [5, 5.41) is 19.5. The lowest BCUT2D eigenvalue weighted by Crippen LogP contribution is -2.24. The van der Waals surface area contributed by atoms with Crippen molar-refractivity contribution in [2.75, 3.05) is 12.9 Å². The summed E-state index contributed by atoms with van der Waals surface area (Å²) in [6, 6.07) is 9.19. The fraction of sp³-hybridized carbons (Fsp3) is 0.158. The van der Waals surface area contributed by atoms with E-state index in [0.29, 0.717) is 26.9 Å². The van der Waals surface area contributed by atoms with E-state index in [1.807, 2.05) is 0 Å². The maximum atomic E-state index is 13.2. The number of hydrogen-bond donors (Lipinski definition) is 2. The Morgan fingerprint density at radius 2 is 2.00 bits per heavy atom. The molecule has 0 spiro atoms. The van der Waals surface area contributed by atoms with Crippen molar-refractivity contribution in [3.05, 3.63) is 62.6 Å². The van der Waals surface area contributed by atoms with Gasteiger partial charge in [0, 0.05) is 10.5 Å². The van der Waals surface area contributed by atoms with Crippen LogP contribution in [0, 0.1) is 0 Å². The molecule has 0 unspecified atom stereocenters. The van der Waals surface area contributed by atoms with E-state index in [1.165, 1.54) is 29.9 Å². The summed E-state index contributed by atoms with van der Waals surface area (Å²) in [7, 11) is 1.20. The van der Waals surface area contributed by atoms with Gasteiger partial charge in [-0.15, -0.1) is 11.8 Å². The number of carboxylic acid groups (broad SMARTS) is 1. The van der Waals surface area contributed by atoms with Crippen LogP contribution >= 0.6 is 27.7 Å². The summed E-state index contributed by atoms with van der Waals surface area (Å²) in [6.45, 7) is 0. The van der Waals surface area contributed by atoms with Crippen molar-refractivity contribution < 1.29 is 24.5 Å². The van der Waals surface area contributed by atoms with Crippen LogP contribution in [-0.4, -0.2) is 44.6 Å². The molecule has 0 atom stereocenters. The number of phenolic OH excluding ortho intramolecular Hbond substituents is 1. The Bertz CT molecular complexity index is 1180. The second-order valence-electron chi connectivity index (χ2n) is 5.91. The molecule has 2 aromatic carbocycles. The van der Waals surface area contributed by atoms with Crippen molar-refractivity contribution in [2.45, 2.75) is 5.75 Å². The normalized spacial score (nSPS) is 10.8. The van der Waals surface area contributed by atoms with Crippen LogP contribution < -0.4 is 5.56 Å². The van der Waals surface area contributed by atoms with Crippen molar-refractivity contribution in [2.24, 2.45) is 0 Å². The van der Waals surface area contributed by atoms with Gasteiger partial charge in [0.2, 0.25) is 0 Å². The van der Waals surface area contributed by atoms with Gasteiger partial charge < -0.3 is 14.9 Å². The number of carboxylic acids is 1. The number of hydrogen-bond acceptors (Lipinski definition) is 7. The molecule has 3 rings (SSSR count). The largest absolute Gasteiger partial charge is 0.507 e. The first-order chi connectivity index (χ1) is 13.8. The smallest absolute Gasteiger partial charge is 0.341 e. The fourth-order valence-corrected chi connectivity index (χ4v) is 3.75. The molecule has 0 aliphatic carbocycles. The van der Waals surface area contributed by atoms with Crippen LogP contribution in [0.2, 0.25) is 0 Å². The van der Waals surface area contributed by atoms with Crippen LogP contribution in [-0.2, 0) is 15.3 Å². The van der Waals surface area contributed by atoms with Crippen LogP contribution in [0.4, 0.5) is 0 Å². The fourth-order valence-electron chi connectivity index (χ4n) is 2.74. The summed E-state index contributed by atoms with van der Waals surface area (Å²) in [6.07, 6.45) is 0. The Labute approximate surface area is 177 Å². The molecular weight excluding hydrogens is 464 g/mol. The number of aromatic nitrogens is 2. The molecule has 0 saturated carbocycles. The Morgan fingerprint density at radius 1 is 1.24 bits per heavy atom. The third kappa shape index (κ3) is 4.43. The van der Waals surface area contributed by atoms with Crippen molar-refractivity contribution >= 4 is 50.5 Å². The standard InChI is InChI=1S/C19H15BrN2O6S/c1-28-19(27)12-4-3-11(7-15(12)23)22-16(8-29-9-17(24)25)21-14-5-2-10(20)6-13(14)18(22)26/h2-7,23H,8-9H2,1H3,(H,24,25). The summed E-state index contributed by atoms with van der Waals surface area (Å²) in [5.41, 5.74) is 0.339. The molecule has 0 bridgehead atoms. The van der Waals surface area contributed by atoms with E-state index >= 15 is 0 Å². The predicted molar refractivity (Wildman–Crippen MR) is 112 cm³/mol. The number of nitrogens with zero attached hydrogens (tertiary/aromatic N) is 2. The van der Waals surface area contributed by atoms with Gasteiger partial charge in [-0.3, -0.25) is 14.2 Å². The van der Waals surface area contributed by atoms with Gasteiger partial charge in [-0.05, 0) is 30.3 Å². The van der Waals surface area contributed by atoms with Gasteiger partial charge in [-0.25, -0.2) is 9.78 Å². The summed E-state index contributed by atoms with van der Waals surface area (Å²) < 4.78 is 6.61. The first-order valence-corrected chi connectivity index (χ1v) is 10.2. The summed E-state index contributed by atoms with van der Waals surface area (Å²) in [4.78, 5) is 40.2. The zero-order chi connectivity index (χ0) is 21.1. The lowest BCUT2D eigenvalue weighted by molar-refractivity contribution is -0.133. The van der Waals surface area contributed by atoms with Crippen LogP contribution in [0.15, 0.2) is 45.7 Å². The SMILES string of the molecule is COC(=O)c1ccc(-n2c(CSCC(=O)O)nc3ccc(Br)cc3c2=O)cc1O. The van der Waals surface area contributed by atoms with E-state index < -0.39 is 11.9 Å². The average Bonchev–Trinajstić information content (AvgIpc) is 2.68. The van der Waals surface area contributed by atoms with Crippen molar-refractivity contribution in [1.82, 2.24) is 9.55 Å². The van der Waals surface area contributed by atoms with E-state index in [4.69, 9.17) is 5.11 Å². The lowest BCUT2D eigenvalue weighted by atomic mass is 10.1. The quantitative estimate of drug-likeness (QED) is 0.518. The number of ether oxygens (including phenoxy) is 1. The monoisotopic (exact) mass is 478 g/mol. The van der Waals surface area contributed by atoms with Crippen LogP contribution in [0.25, 0.3) is 16.6 Å². The minimum Gasteiger partial charge on any atom is -0.507 e. The highest BCUT2D eigenvalue weighted by Crippen LogP contribution is 2.24. The molecule has 3 aromatic rings. The van der Waals surface area contributed by atoms with E-state index in [-0.39, 0.29) is 28.4 Å². The minimum absolute atomic E-state index is 0.0393. The first kappa shape index (κ1) is 20.9. The molecule has 8 nitrogen and oxygen atoms in total. The number of carbonyl (C=O) groups excluding carboxylic acids is 1. The number of methoxy groups -OCH3 is 1. The number of halogens is 1. The lowest BCUT2D eigenvalue weighted by Gasteiger charge is -2.14. The highest BCUT2D eigenvalue weighted by atomic mass is 79.9. The Morgan fingerprint density at radius 3 is 2.66 bits per heavy atom. The number of rotatable bonds is 6. The first-order valence-electron chi connectivity index (χ1n) is 8.24. The number of phenols is 1. The number of esters is 1. The minimum atomic E-state index is -0.978. The molecule has 0 aliphatic rings. The van der Waals surface area contributed by atoms with Crippen molar-refractivity contribution in [1.29, 1.82) is 0 Å². The predicted octanol–water partition coefficient (Wildman–Crippen LogP) is 2.96.